The van der Waals surface area contributed by atoms with E-state index in [2.05, 4.69) is 5.32 Å². The Morgan fingerprint density at radius 2 is 2.00 bits per heavy atom. The Balaban J connectivity index is 1.94. The summed E-state index contributed by atoms with van der Waals surface area (Å²) in [6, 6.07) is 1.86. The summed E-state index contributed by atoms with van der Waals surface area (Å²) in [6.07, 6.45) is 3.27. The topological polar surface area (TPSA) is 83.5 Å². The van der Waals surface area contributed by atoms with Gasteiger partial charge in [0.1, 0.15) is 0 Å². The summed E-state index contributed by atoms with van der Waals surface area (Å²) in [5.74, 6) is -1.70. The molecule has 2 atom stereocenters. The van der Waals surface area contributed by atoms with Crippen molar-refractivity contribution in [3.05, 3.63) is 21.4 Å². The molecule has 0 saturated heterocycles. The van der Waals surface area contributed by atoms with E-state index in [0.717, 1.165) is 22.6 Å². The fourth-order valence-corrected chi connectivity index (χ4v) is 4.47. The molecule has 1 aliphatic carbocycles. The molecule has 24 heavy (non-hydrogen) atoms. The summed E-state index contributed by atoms with van der Waals surface area (Å²) in [5.41, 5.74) is -0.0309. The fraction of sp³-hybridized carbons (Fsp3) is 0.611. The minimum absolute atomic E-state index is 0.0319. The van der Waals surface area contributed by atoms with E-state index in [9.17, 15) is 19.5 Å². The third-order valence-corrected chi connectivity index (χ3v) is 5.82. The van der Waals surface area contributed by atoms with Crippen LogP contribution in [0.5, 0.6) is 0 Å². The molecule has 6 heteroatoms. The van der Waals surface area contributed by atoms with Crippen LogP contribution in [-0.4, -0.2) is 28.3 Å². The van der Waals surface area contributed by atoms with E-state index >= 15 is 0 Å². The highest BCUT2D eigenvalue weighted by molar-refractivity contribution is 7.12. The first-order chi connectivity index (χ1) is 11.2. The number of thiophene rings is 1. The van der Waals surface area contributed by atoms with Crippen LogP contribution in [0.4, 0.5) is 0 Å². The summed E-state index contributed by atoms with van der Waals surface area (Å²) in [6.45, 7) is 5.67. The van der Waals surface area contributed by atoms with E-state index in [4.69, 9.17) is 0 Å². The Morgan fingerprint density at radius 3 is 2.58 bits per heavy atom. The summed E-state index contributed by atoms with van der Waals surface area (Å²) in [5, 5.41) is 12.3. The number of carbonyl (C=O) groups excluding carboxylic acids is 2. The van der Waals surface area contributed by atoms with Crippen LogP contribution in [0.2, 0.25) is 0 Å². The van der Waals surface area contributed by atoms with Crippen molar-refractivity contribution in [3.8, 4) is 0 Å². The molecule has 1 heterocycles. The van der Waals surface area contributed by atoms with Gasteiger partial charge in [-0.05, 0) is 39.7 Å². The number of rotatable bonds is 6. The van der Waals surface area contributed by atoms with Gasteiger partial charge in [-0.25, -0.2) is 0 Å². The van der Waals surface area contributed by atoms with E-state index in [-0.39, 0.29) is 24.5 Å². The summed E-state index contributed by atoms with van der Waals surface area (Å²) < 4.78 is 0. The number of carboxylic acids is 1. The lowest BCUT2D eigenvalue weighted by Crippen LogP contribution is -2.55. The maximum atomic E-state index is 12.3. The van der Waals surface area contributed by atoms with Gasteiger partial charge in [0.05, 0.1) is 11.5 Å². The van der Waals surface area contributed by atoms with Crippen LogP contribution in [0.3, 0.4) is 0 Å². The first kappa shape index (κ1) is 18.6. The van der Waals surface area contributed by atoms with Crippen molar-refractivity contribution in [2.75, 3.05) is 0 Å². The predicted molar refractivity (Wildman–Crippen MR) is 93.5 cm³/mol. The number of hydrogen-bond donors (Lipinski definition) is 2. The van der Waals surface area contributed by atoms with Crippen molar-refractivity contribution >= 4 is 29.0 Å². The van der Waals surface area contributed by atoms with E-state index in [1.807, 2.05) is 19.9 Å². The minimum atomic E-state index is -0.863. The quantitative estimate of drug-likeness (QED) is 0.769. The molecule has 0 bridgehead atoms. The summed E-state index contributed by atoms with van der Waals surface area (Å²) in [7, 11) is 0. The molecule has 1 amide bonds. The second-order valence-electron chi connectivity index (χ2n) is 6.85. The lowest BCUT2D eigenvalue weighted by atomic mass is 9.74. The van der Waals surface area contributed by atoms with Gasteiger partial charge in [0.15, 0.2) is 5.78 Å². The number of amides is 1. The average Bonchev–Trinajstić information content (AvgIpc) is 2.83. The van der Waals surface area contributed by atoms with Crippen LogP contribution in [0.15, 0.2) is 6.07 Å². The molecule has 1 aromatic heterocycles. The number of nitrogens with one attached hydrogen (secondary N) is 1. The highest BCUT2D eigenvalue weighted by Gasteiger charge is 2.42. The number of Topliss-reactive ketones (excluding diaryl/α,β-unsaturated/α-hetero) is 1. The van der Waals surface area contributed by atoms with Crippen LogP contribution in [-0.2, 0) is 9.59 Å². The molecule has 1 aliphatic rings. The molecule has 0 radical (unpaired) electrons. The van der Waals surface area contributed by atoms with Crippen molar-refractivity contribution in [2.24, 2.45) is 5.92 Å². The Kier molecular flexibility index (Phi) is 5.80. The van der Waals surface area contributed by atoms with Gasteiger partial charge >= 0.3 is 5.97 Å². The van der Waals surface area contributed by atoms with Gasteiger partial charge in [0.2, 0.25) is 5.91 Å². The third-order valence-electron chi connectivity index (χ3n) is 4.85. The van der Waals surface area contributed by atoms with Gasteiger partial charge in [-0.2, -0.15) is 0 Å². The molecule has 2 rings (SSSR count). The lowest BCUT2D eigenvalue weighted by Gasteiger charge is -2.39. The molecule has 132 valence electrons. The number of carbonyl (C=O) groups is 3. The Morgan fingerprint density at radius 1 is 1.29 bits per heavy atom. The number of ketones is 1. The molecular weight excluding hydrogens is 326 g/mol. The number of aryl methyl sites for hydroxylation is 2. The van der Waals surface area contributed by atoms with Crippen LogP contribution >= 0.6 is 11.3 Å². The third kappa shape index (κ3) is 4.23. The molecule has 2 N–H and O–H groups in total. The van der Waals surface area contributed by atoms with Gasteiger partial charge in [0, 0.05) is 28.2 Å². The van der Waals surface area contributed by atoms with Gasteiger partial charge in [-0.1, -0.05) is 12.8 Å². The largest absolute Gasteiger partial charge is 0.481 e. The number of aliphatic carboxylic acids is 1. The highest BCUT2D eigenvalue weighted by Crippen LogP contribution is 2.34. The average molecular weight is 351 g/mol. The fourth-order valence-electron chi connectivity index (χ4n) is 3.53. The highest BCUT2D eigenvalue weighted by atomic mass is 32.1. The second kappa shape index (κ2) is 7.47. The van der Waals surface area contributed by atoms with E-state index in [1.54, 1.807) is 18.3 Å². The maximum absolute atomic E-state index is 12.3. The molecule has 5 nitrogen and oxygen atoms in total. The Hall–Kier alpha value is -1.69. The van der Waals surface area contributed by atoms with Gasteiger partial charge in [-0.15, -0.1) is 11.3 Å². The van der Waals surface area contributed by atoms with Crippen molar-refractivity contribution in [1.29, 1.82) is 0 Å². The zero-order valence-corrected chi connectivity index (χ0v) is 15.3. The molecule has 2 unspecified atom stereocenters. The molecule has 0 aliphatic heterocycles. The monoisotopic (exact) mass is 351 g/mol. The van der Waals surface area contributed by atoms with E-state index in [1.165, 1.54) is 0 Å². The minimum Gasteiger partial charge on any atom is -0.481 e. The standard InChI is InChI=1S/C18H25NO4S/c1-11-10-13(12(2)24-11)15(20)7-8-16(21)19-18(3)9-5-4-6-14(18)17(22)23/h10,14H,4-9H2,1-3H3,(H,19,21)(H,22,23). The molecule has 1 aromatic rings. The van der Waals surface area contributed by atoms with Crippen LogP contribution in [0, 0.1) is 19.8 Å². The lowest BCUT2D eigenvalue weighted by molar-refractivity contribution is -0.146. The summed E-state index contributed by atoms with van der Waals surface area (Å²) >= 11 is 1.58. The molecule has 0 aromatic carbocycles. The molecule has 1 saturated carbocycles. The van der Waals surface area contributed by atoms with Crippen LogP contribution in [0.25, 0.3) is 0 Å². The SMILES string of the molecule is Cc1cc(C(=O)CCC(=O)NC2(C)CCCCC2C(=O)O)c(C)s1. The smallest absolute Gasteiger partial charge is 0.308 e. The zero-order chi connectivity index (χ0) is 17.9. The maximum Gasteiger partial charge on any atom is 0.308 e. The van der Waals surface area contributed by atoms with Crippen molar-refractivity contribution < 1.29 is 19.5 Å². The molecule has 0 spiro atoms. The van der Waals surface area contributed by atoms with E-state index in [0.29, 0.717) is 18.4 Å². The van der Waals surface area contributed by atoms with Gasteiger partial charge in [-0.3, -0.25) is 14.4 Å². The van der Waals surface area contributed by atoms with Gasteiger partial charge < -0.3 is 10.4 Å². The summed E-state index contributed by atoms with van der Waals surface area (Å²) in [4.78, 5) is 38.0. The Bertz CT molecular complexity index is 651. The predicted octanol–water partition coefficient (Wildman–Crippen LogP) is 3.48. The number of hydrogen-bond acceptors (Lipinski definition) is 4. The van der Waals surface area contributed by atoms with Crippen LogP contribution < -0.4 is 5.32 Å². The second-order valence-corrected chi connectivity index (χ2v) is 8.31. The van der Waals surface area contributed by atoms with Crippen molar-refractivity contribution in [3.63, 3.8) is 0 Å². The Labute approximate surface area is 146 Å². The van der Waals surface area contributed by atoms with Gasteiger partial charge in [0.25, 0.3) is 0 Å². The first-order valence-corrected chi connectivity index (χ1v) is 9.18. The normalized spacial score (nSPS) is 23.7. The molecular formula is C18H25NO4S. The number of carboxylic acid groups (broad SMARTS) is 1. The van der Waals surface area contributed by atoms with E-state index < -0.39 is 17.4 Å². The first-order valence-electron chi connectivity index (χ1n) is 8.37. The van der Waals surface area contributed by atoms with Crippen molar-refractivity contribution in [2.45, 2.75) is 64.8 Å². The van der Waals surface area contributed by atoms with Crippen LogP contribution in [0.1, 0.15) is 65.6 Å². The molecule has 1 fully saturated rings. The van der Waals surface area contributed by atoms with Crippen molar-refractivity contribution in [1.82, 2.24) is 5.32 Å². The zero-order valence-electron chi connectivity index (χ0n) is 14.5.